The van der Waals surface area contributed by atoms with Crippen molar-refractivity contribution in [2.75, 3.05) is 6.54 Å². The number of rotatable bonds is 1. The van der Waals surface area contributed by atoms with E-state index in [1.807, 2.05) is 0 Å². The molecule has 1 atom stereocenters. The minimum Gasteiger partial charge on any atom is -0.548 e. The first-order valence-corrected chi connectivity index (χ1v) is 4.13. The molecule has 0 aliphatic carbocycles. The molecule has 0 amide bonds. The third-order valence-electron chi connectivity index (χ3n) is 1.76. The van der Waals surface area contributed by atoms with Gasteiger partial charge in [0.15, 0.2) is 0 Å². The van der Waals surface area contributed by atoms with Crippen LogP contribution in [0.25, 0.3) is 0 Å². The number of carbonyl (C=O) groups is 1. The van der Waals surface area contributed by atoms with Crippen LogP contribution in [0, 0.1) is 0 Å². The maximum absolute atomic E-state index is 10.5. The van der Waals surface area contributed by atoms with Gasteiger partial charge in [0, 0.05) is 6.54 Å². The number of hydrogen-bond donors (Lipinski definition) is 0. The van der Waals surface area contributed by atoms with Crippen molar-refractivity contribution in [1.29, 1.82) is 0 Å². The summed E-state index contributed by atoms with van der Waals surface area (Å²) in [5.74, 6) is -1.07. The molecule has 0 aromatic carbocycles. The van der Waals surface area contributed by atoms with Gasteiger partial charge in [-0.3, -0.25) is 0 Å². The molecule has 1 rings (SSSR count). The summed E-state index contributed by atoms with van der Waals surface area (Å²) in [6.45, 7) is 0.654. The first kappa shape index (κ1) is 17.0. The zero-order valence-corrected chi connectivity index (χ0v) is 13.4. The zero-order chi connectivity index (χ0) is 8.43. The van der Waals surface area contributed by atoms with Crippen LogP contribution >= 0.6 is 12.2 Å². The van der Waals surface area contributed by atoms with E-state index in [2.05, 4.69) is 0 Å². The number of carboxylic acids is 1. The summed E-state index contributed by atoms with van der Waals surface area (Å²) in [6, 6.07) is -0.583. The number of carboxylic acid groups (broad SMARTS) is 1. The van der Waals surface area contributed by atoms with Crippen molar-refractivity contribution >= 4 is 35.1 Å². The fraction of sp³-hybridized carbons (Fsp3) is 0.667. The number of aliphatic carboxylic acids is 1. The van der Waals surface area contributed by atoms with E-state index < -0.39 is 12.0 Å². The number of nitrogens with zero attached hydrogens (tertiary/aromatic N) is 1. The smallest absolute Gasteiger partial charge is 0.548 e. The van der Waals surface area contributed by atoms with Crippen molar-refractivity contribution in [2.45, 2.75) is 18.9 Å². The summed E-state index contributed by atoms with van der Waals surface area (Å²) >= 11 is 9.40. The first-order chi connectivity index (χ1) is 5.13. The van der Waals surface area contributed by atoms with Crippen LogP contribution in [0.5, 0.6) is 0 Å². The number of hydrogen-bond acceptors (Lipinski definition) is 4. The second kappa shape index (κ2) is 7.82. The Morgan fingerprint density at radius 2 is 2.08 bits per heavy atom. The third kappa shape index (κ3) is 4.75. The predicted molar refractivity (Wildman–Crippen MR) is 44.7 cm³/mol. The third-order valence-corrected chi connectivity index (χ3v) is 2.23. The SMILES string of the molecule is O=C([O-])[C@@H]1CCCN1C(=S)[S-].[Na+].[Na+]. The van der Waals surface area contributed by atoms with Crippen molar-refractivity contribution in [1.82, 2.24) is 4.90 Å². The Morgan fingerprint density at radius 1 is 1.54 bits per heavy atom. The Kier molecular flexibility index (Phi) is 10.2. The number of thiocarbonyl (C=S) groups is 1. The van der Waals surface area contributed by atoms with Crippen molar-refractivity contribution in [3.63, 3.8) is 0 Å². The van der Waals surface area contributed by atoms with Gasteiger partial charge in [-0.1, -0.05) is 4.32 Å². The molecule has 13 heavy (non-hydrogen) atoms. The molecule has 1 saturated heterocycles. The molecule has 0 spiro atoms. The van der Waals surface area contributed by atoms with E-state index in [4.69, 9.17) is 24.8 Å². The van der Waals surface area contributed by atoms with Crippen LogP contribution < -0.4 is 64.2 Å². The second-order valence-corrected chi connectivity index (χ2v) is 3.47. The van der Waals surface area contributed by atoms with Gasteiger partial charge < -0.3 is 39.6 Å². The van der Waals surface area contributed by atoms with Crippen LogP contribution in [0.2, 0.25) is 0 Å². The van der Waals surface area contributed by atoms with Gasteiger partial charge in [0.25, 0.3) is 0 Å². The second-order valence-electron chi connectivity index (χ2n) is 2.44. The van der Waals surface area contributed by atoms with Gasteiger partial charge in [0.2, 0.25) is 0 Å². The molecular formula is C6H7NNa2O2S2. The Labute approximate surface area is 133 Å². The average Bonchev–Trinajstić information content (AvgIpc) is 2.32. The van der Waals surface area contributed by atoms with E-state index in [0.717, 1.165) is 6.42 Å². The molecule has 1 fully saturated rings. The van der Waals surface area contributed by atoms with Gasteiger partial charge in [0.1, 0.15) is 0 Å². The largest absolute Gasteiger partial charge is 1.00 e. The maximum atomic E-state index is 10.5. The molecule has 1 aliphatic heterocycles. The standard InChI is InChI=1S/C6H9NO2S2.2Na/c8-5(9)4-2-1-3-7(4)6(10)11;;/h4H,1-3H2,(H,8,9)(H,10,11);;/q;2*+1/p-2/t4-;;/m0../s1. The summed E-state index contributed by atoms with van der Waals surface area (Å²) in [7, 11) is 0. The summed E-state index contributed by atoms with van der Waals surface area (Å²) in [6.07, 6.45) is 1.43. The van der Waals surface area contributed by atoms with E-state index in [-0.39, 0.29) is 63.4 Å². The first-order valence-electron chi connectivity index (χ1n) is 3.31. The molecule has 0 saturated carbocycles. The fourth-order valence-electron chi connectivity index (χ4n) is 1.23. The Morgan fingerprint density at radius 3 is 2.38 bits per heavy atom. The van der Waals surface area contributed by atoms with Gasteiger partial charge in [-0.05, 0) is 12.8 Å². The van der Waals surface area contributed by atoms with Crippen molar-refractivity contribution in [2.24, 2.45) is 0 Å². The van der Waals surface area contributed by atoms with E-state index in [0.29, 0.717) is 13.0 Å². The van der Waals surface area contributed by atoms with Crippen LogP contribution in [0.4, 0.5) is 0 Å². The zero-order valence-electron chi connectivity index (χ0n) is 7.78. The van der Waals surface area contributed by atoms with Gasteiger partial charge in [-0.2, -0.15) is 0 Å². The van der Waals surface area contributed by atoms with Gasteiger partial charge in [0.05, 0.1) is 12.0 Å². The van der Waals surface area contributed by atoms with Crippen LogP contribution in [-0.2, 0) is 17.4 Å². The molecule has 0 N–H and O–H groups in total. The maximum Gasteiger partial charge on any atom is 1.00 e. The molecule has 0 bridgehead atoms. The van der Waals surface area contributed by atoms with Gasteiger partial charge in [-0.15, -0.1) is 0 Å². The summed E-state index contributed by atoms with van der Waals surface area (Å²) in [5, 5.41) is 10.5. The molecule has 1 heterocycles. The van der Waals surface area contributed by atoms with Crippen molar-refractivity contribution < 1.29 is 69.0 Å². The summed E-state index contributed by atoms with van der Waals surface area (Å²) in [5.41, 5.74) is 0. The van der Waals surface area contributed by atoms with Crippen molar-refractivity contribution in [3.8, 4) is 0 Å². The van der Waals surface area contributed by atoms with Gasteiger partial charge in [-0.25, -0.2) is 0 Å². The molecule has 0 unspecified atom stereocenters. The molecule has 0 aromatic rings. The van der Waals surface area contributed by atoms with E-state index in [9.17, 15) is 9.90 Å². The Bertz CT molecular complexity index is 183. The molecular weight excluding hydrogens is 228 g/mol. The summed E-state index contributed by atoms with van der Waals surface area (Å²) < 4.78 is 0.233. The number of carbonyl (C=O) groups excluding carboxylic acids is 1. The Balaban J connectivity index is 0. The minimum atomic E-state index is -1.07. The molecule has 1 aliphatic rings. The van der Waals surface area contributed by atoms with Crippen LogP contribution in [0.3, 0.4) is 0 Å². The predicted octanol–water partition coefficient (Wildman–Crippen LogP) is -6.96. The quantitative estimate of drug-likeness (QED) is 0.257. The Hall–Kier alpha value is 1.58. The monoisotopic (exact) mass is 235 g/mol. The average molecular weight is 235 g/mol. The van der Waals surface area contributed by atoms with E-state index in [1.165, 1.54) is 4.90 Å². The van der Waals surface area contributed by atoms with E-state index in [1.54, 1.807) is 0 Å². The molecule has 7 heteroatoms. The normalized spacial score (nSPS) is 20.0. The van der Waals surface area contributed by atoms with Crippen LogP contribution in [0.15, 0.2) is 0 Å². The van der Waals surface area contributed by atoms with Crippen LogP contribution in [-0.4, -0.2) is 27.8 Å². The molecule has 0 radical (unpaired) electrons. The number of likely N-dealkylation sites (tertiary alicyclic amines) is 1. The fourth-order valence-corrected chi connectivity index (χ4v) is 1.67. The van der Waals surface area contributed by atoms with Gasteiger partial charge >= 0.3 is 59.1 Å². The topological polar surface area (TPSA) is 43.4 Å². The van der Waals surface area contributed by atoms with E-state index >= 15 is 0 Å². The molecule has 3 nitrogen and oxygen atoms in total. The molecule has 62 valence electrons. The molecule has 0 aromatic heterocycles. The van der Waals surface area contributed by atoms with Crippen molar-refractivity contribution in [3.05, 3.63) is 0 Å². The van der Waals surface area contributed by atoms with Crippen LogP contribution in [0.1, 0.15) is 12.8 Å². The minimum absolute atomic E-state index is 0. The summed E-state index contributed by atoms with van der Waals surface area (Å²) in [4.78, 5) is 12.0.